The summed E-state index contributed by atoms with van der Waals surface area (Å²) in [5, 5.41) is 14.3. The van der Waals surface area contributed by atoms with Gasteiger partial charge in [-0.15, -0.1) is 0 Å². The third-order valence-electron chi connectivity index (χ3n) is 6.04. The molecule has 2 atom stereocenters. The maximum absolute atomic E-state index is 13.2. The molecule has 1 aromatic rings. The molecule has 2 fully saturated rings. The molecule has 0 bridgehead atoms. The molecule has 3 rings (SSSR count). The SMILES string of the molecule is CCC(=O)C1(C(=O)Nc2ccnc(N3CC[C@H](N(C)C)C3)n2)CCN(C(=O)O)N1C. The molecule has 2 amide bonds. The van der Waals surface area contributed by atoms with Crippen LogP contribution < -0.4 is 10.2 Å². The number of likely N-dealkylation sites (N-methyl/N-ethyl adjacent to an activating group) is 2. The number of anilines is 2. The van der Waals surface area contributed by atoms with Gasteiger partial charge in [-0.1, -0.05) is 6.92 Å². The Kier molecular flexibility index (Phi) is 6.22. The zero-order chi connectivity index (χ0) is 22.1. The van der Waals surface area contributed by atoms with Gasteiger partial charge in [-0.25, -0.2) is 14.8 Å². The van der Waals surface area contributed by atoms with E-state index in [9.17, 15) is 19.5 Å². The molecule has 2 aliphatic heterocycles. The molecule has 2 saturated heterocycles. The van der Waals surface area contributed by atoms with Crippen molar-refractivity contribution in [3.8, 4) is 0 Å². The van der Waals surface area contributed by atoms with Crippen molar-refractivity contribution in [1.29, 1.82) is 0 Å². The Morgan fingerprint density at radius 2 is 2.07 bits per heavy atom. The summed E-state index contributed by atoms with van der Waals surface area (Å²) in [7, 11) is 5.52. The molecular formula is C19H29N7O4. The lowest BCUT2D eigenvalue weighted by Gasteiger charge is -2.34. The van der Waals surface area contributed by atoms with E-state index < -0.39 is 17.5 Å². The van der Waals surface area contributed by atoms with Gasteiger partial charge in [0, 0.05) is 51.8 Å². The number of amides is 2. The molecule has 0 aromatic carbocycles. The zero-order valence-corrected chi connectivity index (χ0v) is 17.8. The number of carboxylic acid groups (broad SMARTS) is 1. The minimum atomic E-state index is -1.58. The first-order chi connectivity index (χ1) is 14.2. The fourth-order valence-corrected chi connectivity index (χ4v) is 4.14. The lowest BCUT2D eigenvalue weighted by molar-refractivity contribution is -0.144. The second kappa shape index (κ2) is 8.52. The zero-order valence-electron chi connectivity index (χ0n) is 17.8. The van der Waals surface area contributed by atoms with Crippen LogP contribution in [0, 0.1) is 0 Å². The van der Waals surface area contributed by atoms with Gasteiger partial charge >= 0.3 is 6.09 Å². The van der Waals surface area contributed by atoms with Crippen LogP contribution in [0.3, 0.4) is 0 Å². The van der Waals surface area contributed by atoms with E-state index in [4.69, 9.17) is 0 Å². The normalized spacial score (nSPS) is 24.5. The van der Waals surface area contributed by atoms with Crippen molar-refractivity contribution < 1.29 is 19.5 Å². The third kappa shape index (κ3) is 3.82. The van der Waals surface area contributed by atoms with Crippen molar-refractivity contribution in [2.75, 3.05) is 51.0 Å². The molecule has 11 nitrogen and oxygen atoms in total. The molecule has 3 heterocycles. The maximum Gasteiger partial charge on any atom is 0.422 e. The van der Waals surface area contributed by atoms with E-state index in [0.717, 1.165) is 24.5 Å². The predicted molar refractivity (Wildman–Crippen MR) is 110 cm³/mol. The second-order valence-electron chi connectivity index (χ2n) is 7.86. The highest BCUT2D eigenvalue weighted by Gasteiger charge is 2.55. The van der Waals surface area contributed by atoms with Crippen LogP contribution in [-0.4, -0.2) is 100 Å². The van der Waals surface area contributed by atoms with Gasteiger partial charge in [0.05, 0.1) is 0 Å². The highest BCUT2D eigenvalue weighted by atomic mass is 16.4. The molecule has 164 valence electrons. The minimum absolute atomic E-state index is 0.0692. The third-order valence-corrected chi connectivity index (χ3v) is 6.04. The van der Waals surface area contributed by atoms with E-state index in [-0.39, 0.29) is 31.0 Å². The van der Waals surface area contributed by atoms with Crippen LogP contribution in [0.25, 0.3) is 0 Å². The molecule has 0 aliphatic carbocycles. The Bertz CT molecular complexity index is 833. The quantitative estimate of drug-likeness (QED) is 0.635. The fraction of sp³-hybridized carbons (Fsp3) is 0.632. The number of nitrogens with zero attached hydrogens (tertiary/aromatic N) is 6. The van der Waals surface area contributed by atoms with Crippen molar-refractivity contribution in [1.82, 2.24) is 24.9 Å². The number of carbonyl (C=O) groups excluding carboxylic acids is 2. The van der Waals surface area contributed by atoms with Gasteiger partial charge in [-0.2, -0.15) is 9.99 Å². The molecule has 2 N–H and O–H groups in total. The predicted octanol–water partition coefficient (Wildman–Crippen LogP) is 0.504. The number of hydrogen-bond acceptors (Lipinski definition) is 8. The molecule has 2 aliphatic rings. The van der Waals surface area contributed by atoms with Crippen molar-refractivity contribution in [3.63, 3.8) is 0 Å². The Morgan fingerprint density at radius 1 is 1.33 bits per heavy atom. The molecule has 30 heavy (non-hydrogen) atoms. The van der Waals surface area contributed by atoms with E-state index in [2.05, 4.69) is 25.1 Å². The summed E-state index contributed by atoms with van der Waals surface area (Å²) in [6, 6.07) is 1.97. The highest BCUT2D eigenvalue weighted by Crippen LogP contribution is 2.32. The standard InChI is InChI=1S/C19H29N7O4/c1-5-14(27)19(8-11-26(18(29)30)24(19)4)16(28)21-15-6-9-20-17(22-15)25-10-7-13(12-25)23(2)3/h6,9,13H,5,7-8,10-12H2,1-4H3,(H,29,30)(H,20,21,22,28)/t13-,19?/m0/s1. The lowest BCUT2D eigenvalue weighted by Crippen LogP contribution is -2.60. The summed E-state index contributed by atoms with van der Waals surface area (Å²) in [4.78, 5) is 50.4. The molecule has 1 unspecified atom stereocenters. The van der Waals surface area contributed by atoms with Crippen molar-refractivity contribution in [3.05, 3.63) is 12.3 Å². The van der Waals surface area contributed by atoms with Crippen LogP contribution in [0.2, 0.25) is 0 Å². The number of Topliss-reactive ketones (excluding diaryl/α,β-unsaturated/α-hetero) is 1. The lowest BCUT2D eigenvalue weighted by atomic mass is 9.88. The summed E-state index contributed by atoms with van der Waals surface area (Å²) >= 11 is 0. The van der Waals surface area contributed by atoms with Gasteiger partial charge < -0.3 is 20.2 Å². The number of aromatic nitrogens is 2. The van der Waals surface area contributed by atoms with Gasteiger partial charge in [0.1, 0.15) is 5.82 Å². The van der Waals surface area contributed by atoms with Crippen molar-refractivity contribution in [2.45, 2.75) is 37.8 Å². The molecule has 1 aromatic heterocycles. The highest BCUT2D eigenvalue weighted by molar-refractivity contribution is 6.15. The summed E-state index contributed by atoms with van der Waals surface area (Å²) in [6.07, 6.45) is 1.56. The average molecular weight is 419 g/mol. The molecule has 11 heteroatoms. The summed E-state index contributed by atoms with van der Waals surface area (Å²) in [5.41, 5.74) is -1.58. The number of rotatable bonds is 6. The number of carbonyl (C=O) groups is 3. The first kappa shape index (κ1) is 21.9. The van der Waals surface area contributed by atoms with Gasteiger partial charge in [0.25, 0.3) is 5.91 Å². The number of hydrogen-bond donors (Lipinski definition) is 2. The first-order valence-corrected chi connectivity index (χ1v) is 10.0. The average Bonchev–Trinajstić information content (AvgIpc) is 3.33. The number of hydrazine groups is 1. The summed E-state index contributed by atoms with van der Waals surface area (Å²) in [6.45, 7) is 3.33. The van der Waals surface area contributed by atoms with E-state index in [1.807, 2.05) is 14.1 Å². The topological polar surface area (TPSA) is 122 Å². The number of ketones is 1. The van der Waals surface area contributed by atoms with E-state index in [0.29, 0.717) is 12.0 Å². The summed E-state index contributed by atoms with van der Waals surface area (Å²) < 4.78 is 0. The Labute approximate surface area is 175 Å². The van der Waals surface area contributed by atoms with Crippen LogP contribution in [0.4, 0.5) is 16.6 Å². The van der Waals surface area contributed by atoms with E-state index >= 15 is 0 Å². The van der Waals surface area contributed by atoms with Crippen LogP contribution in [0.1, 0.15) is 26.2 Å². The van der Waals surface area contributed by atoms with Crippen LogP contribution >= 0.6 is 0 Å². The van der Waals surface area contributed by atoms with Crippen LogP contribution in [0.15, 0.2) is 12.3 Å². The summed E-state index contributed by atoms with van der Waals surface area (Å²) in [5.74, 6) is -0.129. The van der Waals surface area contributed by atoms with Gasteiger partial charge in [-0.05, 0) is 26.6 Å². The Balaban J connectivity index is 1.80. The van der Waals surface area contributed by atoms with Crippen LogP contribution in [-0.2, 0) is 9.59 Å². The monoisotopic (exact) mass is 419 g/mol. The molecular weight excluding hydrogens is 390 g/mol. The first-order valence-electron chi connectivity index (χ1n) is 10.0. The number of nitrogens with one attached hydrogen (secondary N) is 1. The molecule has 0 saturated carbocycles. The van der Waals surface area contributed by atoms with E-state index in [1.165, 1.54) is 12.1 Å². The van der Waals surface area contributed by atoms with Gasteiger partial charge in [0.15, 0.2) is 11.3 Å². The van der Waals surface area contributed by atoms with E-state index in [1.54, 1.807) is 19.2 Å². The van der Waals surface area contributed by atoms with Crippen molar-refractivity contribution >= 4 is 29.5 Å². The molecule has 0 radical (unpaired) electrons. The largest absolute Gasteiger partial charge is 0.464 e. The Hall–Kier alpha value is -2.79. The fourth-order valence-electron chi connectivity index (χ4n) is 4.14. The van der Waals surface area contributed by atoms with Crippen LogP contribution in [0.5, 0.6) is 0 Å². The molecule has 0 spiro atoms. The van der Waals surface area contributed by atoms with Gasteiger partial charge in [0.2, 0.25) is 5.95 Å². The van der Waals surface area contributed by atoms with Gasteiger partial charge in [-0.3, -0.25) is 9.59 Å². The Morgan fingerprint density at radius 3 is 2.63 bits per heavy atom. The second-order valence-corrected chi connectivity index (χ2v) is 7.86. The maximum atomic E-state index is 13.2. The minimum Gasteiger partial charge on any atom is -0.464 e. The smallest absolute Gasteiger partial charge is 0.422 e. The van der Waals surface area contributed by atoms with Crippen molar-refractivity contribution in [2.24, 2.45) is 0 Å².